The number of para-hydroxylation sites is 1. The Bertz CT molecular complexity index is 573. The molecule has 2 aliphatic heterocycles. The van der Waals surface area contributed by atoms with Crippen LogP contribution in [0.2, 0.25) is 0 Å². The summed E-state index contributed by atoms with van der Waals surface area (Å²) in [6, 6.07) is 6.36. The Morgan fingerprint density at radius 3 is 2.39 bits per heavy atom. The van der Waals surface area contributed by atoms with E-state index in [1.165, 1.54) is 18.2 Å². The Balaban J connectivity index is 1.81. The number of alkyl halides is 3. The van der Waals surface area contributed by atoms with Crippen molar-refractivity contribution in [3.05, 3.63) is 29.8 Å². The van der Waals surface area contributed by atoms with E-state index in [4.69, 9.17) is 0 Å². The number of fused-ring (bicyclic) bond motifs is 2. The fourth-order valence-corrected chi connectivity index (χ4v) is 3.93. The first-order valence-corrected chi connectivity index (χ1v) is 7.96. The Labute approximate surface area is 133 Å². The molecule has 0 radical (unpaired) electrons. The van der Waals surface area contributed by atoms with Gasteiger partial charge in [-0.05, 0) is 44.9 Å². The lowest BCUT2D eigenvalue weighted by atomic mass is 9.76. The van der Waals surface area contributed by atoms with Crippen molar-refractivity contribution in [2.45, 2.75) is 50.6 Å². The van der Waals surface area contributed by atoms with E-state index in [0.717, 1.165) is 19.3 Å². The van der Waals surface area contributed by atoms with Gasteiger partial charge in [-0.1, -0.05) is 18.6 Å². The average molecular weight is 327 g/mol. The van der Waals surface area contributed by atoms with E-state index >= 15 is 0 Å². The van der Waals surface area contributed by atoms with Gasteiger partial charge in [0.2, 0.25) is 0 Å². The average Bonchev–Trinajstić information content (AvgIpc) is 2.45. The number of halogens is 3. The predicted molar refractivity (Wildman–Crippen MR) is 79.4 cm³/mol. The van der Waals surface area contributed by atoms with E-state index < -0.39 is 12.1 Å². The number of hydrogen-bond acceptors (Lipinski definition) is 3. The molecule has 3 rings (SSSR count). The second kappa shape index (κ2) is 6.15. The first kappa shape index (κ1) is 16.3. The highest BCUT2D eigenvalue weighted by Crippen LogP contribution is 2.38. The lowest BCUT2D eigenvalue weighted by molar-refractivity contribution is -0.274. The molecular weight excluding hydrogens is 307 g/mol. The van der Waals surface area contributed by atoms with Gasteiger partial charge in [-0.3, -0.25) is 4.79 Å². The van der Waals surface area contributed by atoms with E-state index in [1.807, 2.05) is 0 Å². The molecule has 2 heterocycles. The molecule has 0 amide bonds. The number of hydrogen-bond donors (Lipinski definition) is 0. The van der Waals surface area contributed by atoms with Crippen molar-refractivity contribution in [2.24, 2.45) is 5.92 Å². The number of piperidine rings is 2. The van der Waals surface area contributed by atoms with Gasteiger partial charge in [0, 0.05) is 18.0 Å². The van der Waals surface area contributed by atoms with Crippen LogP contribution in [0.3, 0.4) is 0 Å². The molecule has 0 spiro atoms. The Morgan fingerprint density at radius 2 is 1.78 bits per heavy atom. The summed E-state index contributed by atoms with van der Waals surface area (Å²) in [5.41, 5.74) is 0.0393. The largest absolute Gasteiger partial charge is 0.573 e. The minimum atomic E-state index is -4.79. The zero-order chi connectivity index (χ0) is 16.6. The monoisotopic (exact) mass is 327 g/mol. The third-order valence-corrected chi connectivity index (χ3v) is 5.09. The maximum Gasteiger partial charge on any atom is 0.573 e. The number of nitrogens with zero attached hydrogens (tertiary/aromatic N) is 1. The van der Waals surface area contributed by atoms with Crippen LogP contribution >= 0.6 is 0 Å². The van der Waals surface area contributed by atoms with Gasteiger partial charge in [0.15, 0.2) is 5.78 Å². The van der Waals surface area contributed by atoms with Crippen LogP contribution in [0.1, 0.15) is 42.5 Å². The standard InChI is InChI=1S/C17H20F3NO2/c1-21-12-5-4-6-13(21)10-11(9-12)16(22)14-7-2-3-8-15(14)23-17(18,19)20/h2-3,7-8,11-13H,4-6,9-10H2,1H3. The van der Waals surface area contributed by atoms with Crippen LogP contribution in [0.25, 0.3) is 0 Å². The van der Waals surface area contributed by atoms with Crippen LogP contribution in [0.4, 0.5) is 13.2 Å². The highest BCUT2D eigenvalue weighted by Gasteiger charge is 2.40. The Hall–Kier alpha value is -1.56. The maximum atomic E-state index is 12.8. The lowest BCUT2D eigenvalue weighted by Crippen LogP contribution is -2.51. The molecule has 0 saturated carbocycles. The second-order valence-corrected chi connectivity index (χ2v) is 6.48. The fourth-order valence-electron chi connectivity index (χ4n) is 3.93. The molecule has 3 nitrogen and oxygen atoms in total. The van der Waals surface area contributed by atoms with Crippen LogP contribution in [-0.2, 0) is 0 Å². The summed E-state index contributed by atoms with van der Waals surface area (Å²) in [5.74, 6) is -0.844. The van der Waals surface area contributed by atoms with Gasteiger partial charge in [-0.25, -0.2) is 0 Å². The van der Waals surface area contributed by atoms with Crippen molar-refractivity contribution in [3.8, 4) is 5.75 Å². The quantitative estimate of drug-likeness (QED) is 0.785. The molecule has 23 heavy (non-hydrogen) atoms. The Kier molecular flexibility index (Phi) is 4.36. The minimum absolute atomic E-state index is 0.0393. The third kappa shape index (κ3) is 3.52. The van der Waals surface area contributed by atoms with E-state index in [-0.39, 0.29) is 17.3 Å². The molecule has 0 N–H and O–H groups in total. The molecule has 1 aromatic carbocycles. The minimum Gasteiger partial charge on any atom is -0.405 e. The molecule has 2 unspecified atom stereocenters. The molecule has 126 valence electrons. The van der Waals surface area contributed by atoms with Gasteiger partial charge in [0.1, 0.15) is 5.75 Å². The van der Waals surface area contributed by atoms with Crippen LogP contribution in [0, 0.1) is 5.92 Å². The van der Waals surface area contributed by atoms with Crippen LogP contribution in [-0.4, -0.2) is 36.2 Å². The molecule has 2 bridgehead atoms. The lowest BCUT2D eigenvalue weighted by Gasteiger charge is -2.46. The Morgan fingerprint density at radius 1 is 1.17 bits per heavy atom. The summed E-state index contributed by atoms with van der Waals surface area (Å²) in [7, 11) is 2.08. The predicted octanol–water partition coefficient (Wildman–Crippen LogP) is 4.03. The number of Topliss-reactive ketones (excluding diaryl/α,β-unsaturated/α-hetero) is 1. The summed E-state index contributed by atoms with van der Waals surface area (Å²) in [5, 5.41) is 0. The number of ketones is 1. The number of ether oxygens (including phenoxy) is 1. The van der Waals surface area contributed by atoms with Crippen LogP contribution < -0.4 is 4.74 Å². The normalized spacial score (nSPS) is 28.4. The van der Waals surface area contributed by atoms with Gasteiger partial charge in [-0.2, -0.15) is 0 Å². The van der Waals surface area contributed by atoms with Crippen molar-refractivity contribution in [1.29, 1.82) is 0 Å². The smallest absolute Gasteiger partial charge is 0.405 e. The van der Waals surface area contributed by atoms with Gasteiger partial charge in [0.25, 0.3) is 0 Å². The maximum absolute atomic E-state index is 12.8. The number of carbonyl (C=O) groups excluding carboxylic acids is 1. The first-order chi connectivity index (χ1) is 10.8. The van der Waals surface area contributed by atoms with E-state index in [1.54, 1.807) is 6.07 Å². The zero-order valence-electron chi connectivity index (χ0n) is 13.0. The summed E-state index contributed by atoms with van der Waals surface area (Å²) >= 11 is 0. The SMILES string of the molecule is CN1C2CCCC1CC(C(=O)c1ccccc1OC(F)(F)F)C2. The van der Waals surface area contributed by atoms with Crippen LogP contribution in [0.5, 0.6) is 5.75 Å². The molecule has 2 atom stereocenters. The summed E-state index contributed by atoms with van der Waals surface area (Å²) in [6.07, 6.45) is -0.0959. The summed E-state index contributed by atoms with van der Waals surface area (Å²) < 4.78 is 41.6. The third-order valence-electron chi connectivity index (χ3n) is 5.09. The van der Waals surface area contributed by atoms with E-state index in [9.17, 15) is 18.0 Å². The molecule has 0 aromatic heterocycles. The van der Waals surface area contributed by atoms with E-state index in [2.05, 4.69) is 16.7 Å². The van der Waals surface area contributed by atoms with Crippen molar-refractivity contribution in [3.63, 3.8) is 0 Å². The van der Waals surface area contributed by atoms with E-state index in [0.29, 0.717) is 24.9 Å². The van der Waals surface area contributed by atoms with Crippen molar-refractivity contribution in [1.82, 2.24) is 4.90 Å². The second-order valence-electron chi connectivity index (χ2n) is 6.48. The number of carbonyl (C=O) groups is 1. The van der Waals surface area contributed by atoms with Crippen molar-refractivity contribution >= 4 is 5.78 Å². The number of benzene rings is 1. The van der Waals surface area contributed by atoms with Gasteiger partial charge in [0.05, 0.1) is 5.56 Å². The van der Waals surface area contributed by atoms with Crippen molar-refractivity contribution in [2.75, 3.05) is 7.05 Å². The van der Waals surface area contributed by atoms with Gasteiger partial charge < -0.3 is 9.64 Å². The molecular formula is C17H20F3NO2. The van der Waals surface area contributed by atoms with Crippen molar-refractivity contribution < 1.29 is 22.7 Å². The topological polar surface area (TPSA) is 29.5 Å². The first-order valence-electron chi connectivity index (χ1n) is 7.96. The highest BCUT2D eigenvalue weighted by molar-refractivity contribution is 6.00. The number of rotatable bonds is 3. The molecule has 2 aliphatic rings. The molecule has 2 saturated heterocycles. The molecule has 6 heteroatoms. The summed E-state index contributed by atoms with van der Waals surface area (Å²) in [4.78, 5) is 15.1. The zero-order valence-corrected chi connectivity index (χ0v) is 13.0. The van der Waals surface area contributed by atoms with Crippen LogP contribution in [0.15, 0.2) is 24.3 Å². The van der Waals surface area contributed by atoms with Gasteiger partial charge in [-0.15, -0.1) is 13.2 Å². The summed E-state index contributed by atoms with van der Waals surface area (Å²) in [6.45, 7) is 0. The highest BCUT2D eigenvalue weighted by atomic mass is 19.4. The molecule has 1 aromatic rings. The van der Waals surface area contributed by atoms with Gasteiger partial charge >= 0.3 is 6.36 Å². The molecule has 0 aliphatic carbocycles. The fraction of sp³-hybridized carbons (Fsp3) is 0.588. The molecule has 2 fully saturated rings.